The monoisotopic (exact) mass is 471 g/mol. The van der Waals surface area contributed by atoms with Crippen molar-refractivity contribution in [2.75, 3.05) is 30.8 Å². The van der Waals surface area contributed by atoms with Gasteiger partial charge in [-0.3, -0.25) is 4.79 Å². The first kappa shape index (κ1) is 26.1. The first-order valence-electron chi connectivity index (χ1n) is 10.9. The zero-order chi connectivity index (χ0) is 24.1. The average Bonchev–Trinajstić information content (AvgIpc) is 3.48. The maximum Gasteiger partial charge on any atom is 0.230 e. The number of amides is 1. The molecule has 0 radical (unpaired) electrons. The van der Waals surface area contributed by atoms with Gasteiger partial charge >= 0.3 is 0 Å². The molecule has 9 nitrogen and oxygen atoms in total. The minimum atomic E-state index is -0.101. The summed E-state index contributed by atoms with van der Waals surface area (Å²) in [6.45, 7) is 7.82. The number of anilines is 2. The van der Waals surface area contributed by atoms with Crippen LogP contribution in [0.25, 0.3) is 0 Å². The molecule has 0 saturated carbocycles. The summed E-state index contributed by atoms with van der Waals surface area (Å²) in [5.74, 6) is 0.770. The van der Waals surface area contributed by atoms with Crippen LogP contribution in [0.2, 0.25) is 0 Å². The number of likely N-dealkylation sites (tertiary alicyclic amines) is 1. The summed E-state index contributed by atoms with van der Waals surface area (Å²) in [5, 5.41) is 31.3. The molecule has 1 fully saturated rings. The van der Waals surface area contributed by atoms with Gasteiger partial charge in [0.05, 0.1) is 6.42 Å². The molecule has 1 atom stereocenters. The Morgan fingerprint density at radius 1 is 1.27 bits per heavy atom. The highest BCUT2D eigenvalue weighted by molar-refractivity contribution is 7.19. The highest BCUT2D eigenvalue weighted by Crippen LogP contribution is 2.24. The van der Waals surface area contributed by atoms with Crippen molar-refractivity contribution in [1.82, 2.24) is 15.1 Å². The normalized spacial score (nSPS) is 16.5. The lowest BCUT2D eigenvalue weighted by Crippen LogP contribution is -2.25. The molecule has 3 rings (SSSR count). The Morgan fingerprint density at radius 3 is 2.70 bits per heavy atom. The second-order valence-corrected chi connectivity index (χ2v) is 8.37. The van der Waals surface area contributed by atoms with Crippen molar-refractivity contribution >= 4 is 27.5 Å². The molecule has 1 aliphatic heterocycles. The second kappa shape index (κ2) is 14.1. The zero-order valence-electron chi connectivity index (χ0n) is 19.7. The summed E-state index contributed by atoms with van der Waals surface area (Å²) < 4.78 is 0. The van der Waals surface area contributed by atoms with E-state index < -0.39 is 0 Å². The Balaban J connectivity index is 0.00000187. The molecule has 2 heterocycles. The van der Waals surface area contributed by atoms with E-state index in [0.717, 1.165) is 44.4 Å². The quantitative estimate of drug-likeness (QED) is 0.466. The summed E-state index contributed by atoms with van der Waals surface area (Å²) in [6.07, 6.45) is 6.04. The number of aliphatic hydroxyl groups is 1. The van der Waals surface area contributed by atoms with Crippen LogP contribution in [0, 0.1) is 0 Å². The Kier molecular flexibility index (Phi) is 11.2. The molecule has 0 aliphatic carbocycles. The van der Waals surface area contributed by atoms with E-state index in [1.165, 1.54) is 16.9 Å². The number of nitrogens with zero attached hydrogens (tertiary/aromatic N) is 5. The maximum atomic E-state index is 12.2. The number of carbonyl (C=O) groups is 1. The summed E-state index contributed by atoms with van der Waals surface area (Å²) in [7, 11) is 1.00. The number of carbonyl (C=O) groups excluding carboxylic acids is 1. The van der Waals surface area contributed by atoms with Crippen LogP contribution in [-0.4, -0.2) is 52.4 Å². The fourth-order valence-corrected chi connectivity index (χ4v) is 3.86. The predicted molar refractivity (Wildman–Crippen MR) is 133 cm³/mol. The number of hydrogen-bond acceptors (Lipinski definition) is 9. The molecule has 10 heteroatoms. The zero-order valence-corrected chi connectivity index (χ0v) is 20.5. The van der Waals surface area contributed by atoms with Crippen LogP contribution < -0.4 is 10.6 Å². The third-order valence-electron chi connectivity index (χ3n) is 4.97. The standard InChI is InChI=1S/C22H29N7OS.CH4O/c1-4-16(3)14-23-26-19(5-2)29-12-11-18(15-29)24-21-27-28-22(31-21)25-20(30)13-17-9-7-6-8-10-17;1-2/h5-10,14,18H,4,11-13,15H2,1-3H3,(H,24,27)(H,25,28,30);2H,1H3/b16-14-,19-5+,26-23-;. The molecule has 1 aliphatic rings. The third kappa shape index (κ3) is 8.74. The number of rotatable bonds is 9. The van der Waals surface area contributed by atoms with E-state index in [2.05, 4.69) is 42.9 Å². The molecule has 2 aromatic rings. The van der Waals surface area contributed by atoms with Crippen LogP contribution in [0.4, 0.5) is 10.3 Å². The van der Waals surface area contributed by atoms with Crippen molar-refractivity contribution in [3.8, 4) is 0 Å². The van der Waals surface area contributed by atoms with Gasteiger partial charge in [0, 0.05) is 32.4 Å². The molecular weight excluding hydrogens is 438 g/mol. The average molecular weight is 472 g/mol. The molecule has 0 spiro atoms. The number of aromatic nitrogens is 2. The van der Waals surface area contributed by atoms with E-state index in [9.17, 15) is 4.79 Å². The lowest BCUT2D eigenvalue weighted by Gasteiger charge is -2.17. The summed E-state index contributed by atoms with van der Waals surface area (Å²) in [4.78, 5) is 14.4. The van der Waals surface area contributed by atoms with Gasteiger partial charge in [-0.1, -0.05) is 54.2 Å². The Morgan fingerprint density at radius 2 is 2.00 bits per heavy atom. The molecule has 1 unspecified atom stereocenters. The summed E-state index contributed by atoms with van der Waals surface area (Å²) >= 11 is 1.35. The topological polar surface area (TPSA) is 115 Å². The van der Waals surface area contributed by atoms with Gasteiger partial charge in [-0.25, -0.2) is 0 Å². The summed E-state index contributed by atoms with van der Waals surface area (Å²) in [6, 6.07) is 9.87. The first-order valence-corrected chi connectivity index (χ1v) is 11.7. The number of nitrogens with one attached hydrogen (secondary N) is 2. The molecule has 178 valence electrons. The van der Waals surface area contributed by atoms with Crippen molar-refractivity contribution in [3.05, 3.63) is 59.6 Å². The van der Waals surface area contributed by atoms with E-state index in [4.69, 9.17) is 5.11 Å². The Bertz CT molecular complexity index is 957. The lowest BCUT2D eigenvalue weighted by molar-refractivity contribution is -0.115. The van der Waals surface area contributed by atoms with E-state index in [-0.39, 0.29) is 11.9 Å². The SMILES string of the molecule is CO.C\C=C(/N=N\C=C(\C)CC)N1CCC(Nc2nnc(NC(=O)Cc3ccccc3)s2)C1. The molecule has 0 bridgehead atoms. The van der Waals surface area contributed by atoms with Crippen molar-refractivity contribution in [1.29, 1.82) is 0 Å². The maximum absolute atomic E-state index is 12.2. The van der Waals surface area contributed by atoms with Gasteiger partial charge in [0.1, 0.15) is 5.82 Å². The molecule has 1 amide bonds. The van der Waals surface area contributed by atoms with Crippen molar-refractivity contribution in [2.45, 2.75) is 46.1 Å². The van der Waals surface area contributed by atoms with Gasteiger partial charge in [-0.15, -0.1) is 15.3 Å². The minimum Gasteiger partial charge on any atom is -0.400 e. The molecule has 1 aromatic heterocycles. The van der Waals surface area contributed by atoms with Gasteiger partial charge in [-0.2, -0.15) is 5.11 Å². The van der Waals surface area contributed by atoms with Gasteiger partial charge < -0.3 is 20.6 Å². The van der Waals surface area contributed by atoms with Gasteiger partial charge in [0.2, 0.25) is 16.2 Å². The fraction of sp³-hybridized carbons (Fsp3) is 0.435. The highest BCUT2D eigenvalue weighted by atomic mass is 32.1. The van der Waals surface area contributed by atoms with E-state index in [1.807, 2.05) is 56.5 Å². The van der Waals surface area contributed by atoms with Gasteiger partial charge in [0.25, 0.3) is 0 Å². The fourth-order valence-electron chi connectivity index (χ4n) is 3.12. The second-order valence-electron chi connectivity index (χ2n) is 7.39. The minimum absolute atomic E-state index is 0.101. The smallest absolute Gasteiger partial charge is 0.230 e. The number of aliphatic hydroxyl groups excluding tert-OH is 1. The van der Waals surface area contributed by atoms with Gasteiger partial charge in [-0.05, 0) is 38.3 Å². The van der Waals surface area contributed by atoms with Crippen LogP contribution in [0.5, 0.6) is 0 Å². The van der Waals surface area contributed by atoms with Crippen molar-refractivity contribution in [3.63, 3.8) is 0 Å². The number of azo groups is 1. The van der Waals surface area contributed by atoms with E-state index in [0.29, 0.717) is 16.7 Å². The number of benzene rings is 1. The first-order chi connectivity index (χ1) is 16.1. The van der Waals surface area contributed by atoms with E-state index in [1.54, 1.807) is 0 Å². The molecule has 1 saturated heterocycles. The van der Waals surface area contributed by atoms with Crippen LogP contribution in [0.3, 0.4) is 0 Å². The van der Waals surface area contributed by atoms with Crippen molar-refractivity contribution < 1.29 is 9.90 Å². The number of hydrogen-bond donors (Lipinski definition) is 3. The van der Waals surface area contributed by atoms with Gasteiger partial charge in [0.15, 0.2) is 0 Å². The molecule has 1 aromatic carbocycles. The molecular formula is C23H33N7O2S. The Hall–Kier alpha value is -3.11. The Labute approximate surface area is 199 Å². The predicted octanol–water partition coefficient (Wildman–Crippen LogP) is 4.44. The number of allylic oxidation sites excluding steroid dienone is 2. The molecule has 33 heavy (non-hydrogen) atoms. The van der Waals surface area contributed by atoms with Crippen LogP contribution in [-0.2, 0) is 11.2 Å². The van der Waals surface area contributed by atoms with E-state index >= 15 is 0 Å². The largest absolute Gasteiger partial charge is 0.400 e. The molecule has 3 N–H and O–H groups in total. The van der Waals surface area contributed by atoms with Crippen LogP contribution in [0.15, 0.2) is 64.2 Å². The van der Waals surface area contributed by atoms with Crippen LogP contribution in [0.1, 0.15) is 39.2 Å². The lowest BCUT2D eigenvalue weighted by atomic mass is 10.1. The van der Waals surface area contributed by atoms with Crippen LogP contribution >= 0.6 is 11.3 Å². The third-order valence-corrected chi connectivity index (χ3v) is 5.74. The van der Waals surface area contributed by atoms with Crippen molar-refractivity contribution in [2.24, 2.45) is 10.2 Å². The summed E-state index contributed by atoms with van der Waals surface area (Å²) in [5.41, 5.74) is 2.16. The highest BCUT2D eigenvalue weighted by Gasteiger charge is 2.25.